The van der Waals surface area contributed by atoms with E-state index in [9.17, 15) is 0 Å². The van der Waals surface area contributed by atoms with Gasteiger partial charge in [0.25, 0.3) is 0 Å². The molecule has 0 aliphatic rings. The molecule has 0 fully saturated rings. The largest absolute Gasteiger partial charge is 0.497 e. The average molecular weight is 345 g/mol. The van der Waals surface area contributed by atoms with Crippen LogP contribution in [-0.4, -0.2) is 26.9 Å². The lowest BCUT2D eigenvalue weighted by atomic mass is 10.2. The number of aromatic nitrogens is 4. The normalized spacial score (nSPS) is 12.1. The molecule has 1 atom stereocenters. The third-order valence-electron chi connectivity index (χ3n) is 4.27. The van der Waals surface area contributed by atoms with E-state index in [4.69, 9.17) is 4.74 Å². The second-order valence-corrected chi connectivity index (χ2v) is 5.99. The van der Waals surface area contributed by atoms with Gasteiger partial charge in [-0.05, 0) is 37.3 Å². The molecule has 130 valence electrons. The van der Waals surface area contributed by atoms with Crippen molar-refractivity contribution >= 4 is 16.7 Å². The molecule has 4 aromatic rings. The van der Waals surface area contributed by atoms with E-state index in [2.05, 4.69) is 27.3 Å². The maximum Gasteiger partial charge on any atom is 0.137 e. The lowest BCUT2D eigenvalue weighted by Crippen LogP contribution is -2.10. The van der Waals surface area contributed by atoms with E-state index in [-0.39, 0.29) is 6.04 Å². The molecule has 0 saturated carbocycles. The molecule has 0 amide bonds. The number of ether oxygens (including phenoxy) is 1. The molecule has 6 heteroatoms. The van der Waals surface area contributed by atoms with Gasteiger partial charge in [0, 0.05) is 17.6 Å². The molecule has 2 aromatic carbocycles. The summed E-state index contributed by atoms with van der Waals surface area (Å²) in [6, 6.07) is 17.8. The van der Waals surface area contributed by atoms with E-state index < -0.39 is 0 Å². The zero-order valence-corrected chi connectivity index (χ0v) is 14.6. The van der Waals surface area contributed by atoms with Crippen molar-refractivity contribution in [3.63, 3.8) is 0 Å². The quantitative estimate of drug-likeness (QED) is 0.592. The molecular weight excluding hydrogens is 326 g/mol. The average Bonchev–Trinajstić information content (AvgIpc) is 3.19. The molecule has 1 unspecified atom stereocenters. The highest BCUT2D eigenvalue weighted by Gasteiger charge is 2.13. The highest BCUT2D eigenvalue weighted by Crippen LogP contribution is 2.26. The van der Waals surface area contributed by atoms with Crippen molar-refractivity contribution < 1.29 is 4.74 Å². The standard InChI is InChI=1S/C20H19N5O/c1-14(18-10-11-25(24-18)15-6-4-3-5-7-15)23-20-17-9-8-16(26-2)12-19(17)21-13-22-20/h3-14H,1-2H3,(H,21,22,23). The minimum Gasteiger partial charge on any atom is -0.497 e. The van der Waals surface area contributed by atoms with Crippen LogP contribution in [0.4, 0.5) is 5.82 Å². The number of benzene rings is 2. The summed E-state index contributed by atoms with van der Waals surface area (Å²) in [5.74, 6) is 1.55. The number of methoxy groups -OCH3 is 1. The van der Waals surface area contributed by atoms with Gasteiger partial charge in [0.1, 0.15) is 17.9 Å². The van der Waals surface area contributed by atoms with Crippen molar-refractivity contribution in [3.05, 3.63) is 72.8 Å². The smallest absolute Gasteiger partial charge is 0.137 e. The predicted octanol–water partition coefficient (Wildman–Crippen LogP) is 4.00. The van der Waals surface area contributed by atoms with Crippen molar-refractivity contribution in [2.45, 2.75) is 13.0 Å². The van der Waals surface area contributed by atoms with Gasteiger partial charge in [-0.25, -0.2) is 14.6 Å². The Morgan fingerprint density at radius 3 is 2.69 bits per heavy atom. The third kappa shape index (κ3) is 3.09. The Kier molecular flexibility index (Phi) is 4.23. The second-order valence-electron chi connectivity index (χ2n) is 5.99. The molecule has 6 nitrogen and oxygen atoms in total. The van der Waals surface area contributed by atoms with Crippen LogP contribution in [-0.2, 0) is 0 Å². The number of fused-ring (bicyclic) bond motifs is 1. The Labute approximate surface area is 151 Å². The maximum absolute atomic E-state index is 5.26. The zero-order chi connectivity index (χ0) is 17.9. The molecule has 2 heterocycles. The van der Waals surface area contributed by atoms with Gasteiger partial charge in [-0.15, -0.1) is 0 Å². The van der Waals surface area contributed by atoms with Gasteiger partial charge in [0.2, 0.25) is 0 Å². The van der Waals surface area contributed by atoms with Crippen molar-refractivity contribution in [2.24, 2.45) is 0 Å². The molecule has 0 radical (unpaired) electrons. The van der Waals surface area contributed by atoms with Gasteiger partial charge in [-0.1, -0.05) is 18.2 Å². The fourth-order valence-electron chi connectivity index (χ4n) is 2.85. The lowest BCUT2D eigenvalue weighted by Gasteiger charge is -2.14. The van der Waals surface area contributed by atoms with Crippen LogP contribution in [0.3, 0.4) is 0 Å². The number of hydrogen-bond donors (Lipinski definition) is 1. The van der Waals surface area contributed by atoms with Gasteiger partial charge < -0.3 is 10.1 Å². The fourth-order valence-corrected chi connectivity index (χ4v) is 2.85. The summed E-state index contributed by atoms with van der Waals surface area (Å²) in [7, 11) is 1.65. The number of hydrogen-bond acceptors (Lipinski definition) is 5. The summed E-state index contributed by atoms with van der Waals surface area (Å²) in [6.45, 7) is 2.06. The number of rotatable bonds is 5. The lowest BCUT2D eigenvalue weighted by molar-refractivity contribution is 0.415. The first-order valence-corrected chi connectivity index (χ1v) is 8.41. The minimum atomic E-state index is 0.000152. The van der Waals surface area contributed by atoms with E-state index in [0.29, 0.717) is 0 Å². The molecule has 0 aliphatic heterocycles. The van der Waals surface area contributed by atoms with Crippen LogP contribution in [0.5, 0.6) is 5.75 Å². The third-order valence-corrected chi connectivity index (χ3v) is 4.27. The van der Waals surface area contributed by atoms with Crippen LogP contribution < -0.4 is 10.1 Å². The van der Waals surface area contributed by atoms with Crippen molar-refractivity contribution in [3.8, 4) is 11.4 Å². The maximum atomic E-state index is 5.26. The molecule has 2 aromatic heterocycles. The Morgan fingerprint density at radius 2 is 1.88 bits per heavy atom. The summed E-state index contributed by atoms with van der Waals surface area (Å²) in [4.78, 5) is 8.72. The molecule has 26 heavy (non-hydrogen) atoms. The summed E-state index contributed by atoms with van der Waals surface area (Å²) in [5, 5.41) is 9.06. The van der Waals surface area contributed by atoms with E-state index in [1.54, 1.807) is 13.4 Å². The van der Waals surface area contributed by atoms with Gasteiger partial charge in [0.15, 0.2) is 0 Å². The number of nitrogens with one attached hydrogen (secondary N) is 1. The molecule has 0 saturated heterocycles. The first-order valence-electron chi connectivity index (χ1n) is 8.41. The van der Waals surface area contributed by atoms with Crippen LogP contribution in [0.2, 0.25) is 0 Å². The molecule has 0 bridgehead atoms. The highest BCUT2D eigenvalue weighted by atomic mass is 16.5. The Morgan fingerprint density at radius 1 is 1.04 bits per heavy atom. The molecule has 1 N–H and O–H groups in total. The number of anilines is 1. The van der Waals surface area contributed by atoms with Crippen LogP contribution in [0.15, 0.2) is 67.1 Å². The predicted molar refractivity (Wildman–Crippen MR) is 102 cm³/mol. The highest BCUT2D eigenvalue weighted by molar-refractivity contribution is 5.89. The summed E-state index contributed by atoms with van der Waals surface area (Å²) in [6.07, 6.45) is 3.52. The monoisotopic (exact) mass is 345 g/mol. The summed E-state index contributed by atoms with van der Waals surface area (Å²) in [5.41, 5.74) is 2.81. The summed E-state index contributed by atoms with van der Waals surface area (Å²) >= 11 is 0. The first-order chi connectivity index (χ1) is 12.7. The van der Waals surface area contributed by atoms with Crippen LogP contribution in [0, 0.1) is 0 Å². The van der Waals surface area contributed by atoms with Gasteiger partial charge in [-0.3, -0.25) is 0 Å². The van der Waals surface area contributed by atoms with E-state index >= 15 is 0 Å². The Hall–Kier alpha value is -3.41. The van der Waals surface area contributed by atoms with Crippen molar-refractivity contribution in [1.82, 2.24) is 19.7 Å². The molecule has 4 rings (SSSR count). The summed E-state index contributed by atoms with van der Waals surface area (Å²) < 4.78 is 7.14. The van der Waals surface area contributed by atoms with Crippen LogP contribution in [0.25, 0.3) is 16.6 Å². The Balaban J connectivity index is 1.60. The van der Waals surface area contributed by atoms with Crippen molar-refractivity contribution in [2.75, 3.05) is 12.4 Å². The van der Waals surface area contributed by atoms with Crippen LogP contribution >= 0.6 is 0 Å². The van der Waals surface area contributed by atoms with E-state index in [1.165, 1.54) is 0 Å². The fraction of sp³-hybridized carbons (Fsp3) is 0.150. The second kappa shape index (κ2) is 6.84. The first kappa shape index (κ1) is 16.1. The minimum absolute atomic E-state index is 0.000152. The number of nitrogens with zero attached hydrogens (tertiary/aromatic N) is 4. The topological polar surface area (TPSA) is 64.9 Å². The van der Waals surface area contributed by atoms with Gasteiger partial charge in [0.05, 0.1) is 30.0 Å². The molecule has 0 spiro atoms. The Bertz CT molecular complexity index is 1030. The van der Waals surface area contributed by atoms with E-state index in [0.717, 1.165) is 33.9 Å². The van der Waals surface area contributed by atoms with Gasteiger partial charge in [-0.2, -0.15) is 5.10 Å². The molecule has 0 aliphatic carbocycles. The molecular formula is C20H19N5O. The van der Waals surface area contributed by atoms with Crippen LogP contribution in [0.1, 0.15) is 18.7 Å². The van der Waals surface area contributed by atoms with Crippen molar-refractivity contribution in [1.29, 1.82) is 0 Å². The SMILES string of the molecule is COc1ccc2c(NC(C)c3ccn(-c4ccccc4)n3)ncnc2c1. The van der Waals surface area contributed by atoms with Gasteiger partial charge >= 0.3 is 0 Å². The zero-order valence-electron chi connectivity index (χ0n) is 14.6. The number of para-hydroxylation sites is 1. The van der Waals surface area contributed by atoms with E-state index in [1.807, 2.05) is 65.5 Å².